The fourth-order valence-electron chi connectivity index (χ4n) is 2.42. The Morgan fingerprint density at radius 1 is 1.10 bits per heavy atom. The summed E-state index contributed by atoms with van der Waals surface area (Å²) in [5.41, 5.74) is 3.57. The third-order valence-electron chi connectivity index (χ3n) is 3.28. The van der Waals surface area contributed by atoms with Crippen molar-refractivity contribution in [1.29, 1.82) is 0 Å². The highest BCUT2D eigenvalue weighted by Gasteiger charge is 2.18. The fraction of sp³-hybridized carbons (Fsp3) is 0.294. The molecule has 0 aliphatic rings. The lowest BCUT2D eigenvalue weighted by atomic mass is 9.96. The van der Waals surface area contributed by atoms with Crippen LogP contribution in [0.15, 0.2) is 45.3 Å². The summed E-state index contributed by atoms with van der Waals surface area (Å²) in [6.07, 6.45) is 0. The predicted octanol–water partition coefficient (Wildman–Crippen LogP) is 5.23. The Bertz CT molecular complexity index is 608. The van der Waals surface area contributed by atoms with Gasteiger partial charge in [-0.15, -0.1) is 0 Å². The molecule has 2 rings (SSSR count). The van der Waals surface area contributed by atoms with E-state index in [9.17, 15) is 0 Å². The number of benzene rings is 2. The zero-order chi connectivity index (χ0) is 15.4. The molecule has 2 aromatic carbocycles. The summed E-state index contributed by atoms with van der Waals surface area (Å²) in [4.78, 5) is 0. The fourth-order valence-corrected chi connectivity index (χ4v) is 3.75. The van der Waals surface area contributed by atoms with Gasteiger partial charge in [-0.05, 0) is 50.7 Å². The molecule has 0 fully saturated rings. The quantitative estimate of drug-likeness (QED) is 0.725. The number of ether oxygens (including phenoxy) is 1. The molecular weight excluding hydrogens is 394 g/mol. The van der Waals surface area contributed by atoms with Gasteiger partial charge >= 0.3 is 0 Å². The molecule has 0 aromatic heterocycles. The van der Waals surface area contributed by atoms with Crippen LogP contribution in [0, 0.1) is 6.92 Å². The summed E-state index contributed by atoms with van der Waals surface area (Å²) in [5, 5.41) is 3.39. The molecule has 0 bridgehead atoms. The van der Waals surface area contributed by atoms with E-state index >= 15 is 0 Å². The van der Waals surface area contributed by atoms with Crippen LogP contribution in [0.2, 0.25) is 0 Å². The summed E-state index contributed by atoms with van der Waals surface area (Å²) >= 11 is 7.12. The van der Waals surface area contributed by atoms with Crippen LogP contribution in [0.1, 0.15) is 29.7 Å². The number of halogens is 2. The van der Waals surface area contributed by atoms with Gasteiger partial charge in [-0.25, -0.2) is 0 Å². The van der Waals surface area contributed by atoms with Crippen molar-refractivity contribution in [3.8, 4) is 5.75 Å². The zero-order valence-corrected chi connectivity index (χ0v) is 15.6. The average molecular weight is 413 g/mol. The lowest BCUT2D eigenvalue weighted by Crippen LogP contribution is -2.19. The van der Waals surface area contributed by atoms with Gasteiger partial charge in [0.25, 0.3) is 0 Å². The van der Waals surface area contributed by atoms with Crippen LogP contribution in [0.25, 0.3) is 0 Å². The van der Waals surface area contributed by atoms with Gasteiger partial charge in [0.05, 0.1) is 12.6 Å². The summed E-state index contributed by atoms with van der Waals surface area (Å²) in [7, 11) is 1.97. The van der Waals surface area contributed by atoms with Crippen LogP contribution >= 0.6 is 31.9 Å². The third kappa shape index (κ3) is 4.09. The summed E-state index contributed by atoms with van der Waals surface area (Å²) < 4.78 is 7.90. The molecule has 21 heavy (non-hydrogen) atoms. The maximum absolute atomic E-state index is 5.79. The molecule has 2 aromatic rings. The van der Waals surface area contributed by atoms with Gasteiger partial charge in [-0.3, -0.25) is 0 Å². The Balaban J connectivity index is 2.52. The second-order valence-corrected chi connectivity index (χ2v) is 6.73. The first-order valence-electron chi connectivity index (χ1n) is 6.91. The van der Waals surface area contributed by atoms with Crippen molar-refractivity contribution >= 4 is 31.9 Å². The highest BCUT2D eigenvalue weighted by Crippen LogP contribution is 2.33. The number of rotatable bonds is 5. The number of aryl methyl sites for hydroxylation is 1. The summed E-state index contributed by atoms with van der Waals surface area (Å²) in [6, 6.07) is 12.7. The van der Waals surface area contributed by atoms with Crippen LogP contribution in [-0.2, 0) is 0 Å². The molecule has 0 saturated heterocycles. The smallest absolute Gasteiger partial charge is 0.124 e. The van der Waals surface area contributed by atoms with E-state index in [1.165, 1.54) is 11.1 Å². The monoisotopic (exact) mass is 411 g/mol. The summed E-state index contributed by atoms with van der Waals surface area (Å²) in [6.45, 7) is 4.77. The van der Waals surface area contributed by atoms with Gasteiger partial charge < -0.3 is 10.1 Å². The van der Waals surface area contributed by atoms with E-state index in [0.717, 1.165) is 20.3 Å². The molecule has 2 nitrogen and oxygen atoms in total. The maximum Gasteiger partial charge on any atom is 0.124 e. The number of hydrogen-bond donors (Lipinski definition) is 1. The van der Waals surface area contributed by atoms with Crippen molar-refractivity contribution in [2.24, 2.45) is 0 Å². The first kappa shape index (κ1) is 16.5. The van der Waals surface area contributed by atoms with Crippen molar-refractivity contribution in [3.05, 3.63) is 62.0 Å². The van der Waals surface area contributed by atoms with Crippen molar-refractivity contribution in [1.82, 2.24) is 5.32 Å². The Kier molecular flexibility index (Phi) is 5.85. The van der Waals surface area contributed by atoms with Crippen molar-refractivity contribution in [2.45, 2.75) is 19.9 Å². The molecule has 0 heterocycles. The molecule has 0 radical (unpaired) electrons. The molecule has 0 aliphatic heterocycles. The third-order valence-corrected chi connectivity index (χ3v) is 4.20. The molecule has 1 N–H and O–H groups in total. The Morgan fingerprint density at radius 3 is 2.33 bits per heavy atom. The first-order valence-corrected chi connectivity index (χ1v) is 8.50. The predicted molar refractivity (Wildman–Crippen MR) is 95.1 cm³/mol. The number of nitrogens with one attached hydrogen (secondary N) is 1. The van der Waals surface area contributed by atoms with Gasteiger partial charge in [-0.1, -0.05) is 49.6 Å². The largest absolute Gasteiger partial charge is 0.494 e. The first-order chi connectivity index (χ1) is 10.0. The zero-order valence-electron chi connectivity index (χ0n) is 12.4. The molecule has 0 aliphatic carbocycles. The molecule has 0 saturated carbocycles. The lowest BCUT2D eigenvalue weighted by Gasteiger charge is -2.21. The van der Waals surface area contributed by atoms with Crippen LogP contribution in [0.3, 0.4) is 0 Å². The van der Waals surface area contributed by atoms with E-state index in [1.54, 1.807) is 0 Å². The molecular formula is C17H19Br2NO. The maximum atomic E-state index is 5.79. The van der Waals surface area contributed by atoms with Crippen LogP contribution < -0.4 is 10.1 Å². The van der Waals surface area contributed by atoms with Gasteiger partial charge in [0.2, 0.25) is 0 Å². The molecule has 0 amide bonds. The minimum atomic E-state index is 0.0836. The van der Waals surface area contributed by atoms with Gasteiger partial charge in [0.1, 0.15) is 5.75 Å². The normalized spacial score (nSPS) is 12.2. The van der Waals surface area contributed by atoms with Gasteiger partial charge in [-0.2, -0.15) is 0 Å². The Morgan fingerprint density at radius 2 is 1.76 bits per heavy atom. The van der Waals surface area contributed by atoms with E-state index in [-0.39, 0.29) is 6.04 Å². The van der Waals surface area contributed by atoms with E-state index < -0.39 is 0 Å². The minimum absolute atomic E-state index is 0.0836. The average Bonchev–Trinajstić information content (AvgIpc) is 2.41. The standard InChI is InChI=1S/C17H19Br2NO/c1-4-21-16-6-5-11(2)7-15(16)17(20-3)12-8-13(18)10-14(19)9-12/h5-10,17,20H,4H2,1-3H3. The van der Waals surface area contributed by atoms with E-state index in [1.807, 2.05) is 26.1 Å². The van der Waals surface area contributed by atoms with Gasteiger partial charge in [0.15, 0.2) is 0 Å². The lowest BCUT2D eigenvalue weighted by molar-refractivity contribution is 0.334. The highest BCUT2D eigenvalue weighted by atomic mass is 79.9. The second kappa shape index (κ2) is 7.43. The van der Waals surface area contributed by atoms with Crippen LogP contribution in [-0.4, -0.2) is 13.7 Å². The van der Waals surface area contributed by atoms with Crippen LogP contribution in [0.4, 0.5) is 0 Å². The topological polar surface area (TPSA) is 21.3 Å². The van der Waals surface area contributed by atoms with Crippen LogP contribution in [0.5, 0.6) is 5.75 Å². The second-order valence-electron chi connectivity index (χ2n) is 4.90. The van der Waals surface area contributed by atoms with Crippen molar-refractivity contribution < 1.29 is 4.74 Å². The van der Waals surface area contributed by atoms with E-state index in [4.69, 9.17) is 4.74 Å². The molecule has 0 spiro atoms. The Labute approximate surface area is 143 Å². The molecule has 1 unspecified atom stereocenters. The molecule has 1 atom stereocenters. The Hall–Kier alpha value is -0.840. The van der Waals surface area contributed by atoms with Gasteiger partial charge in [0, 0.05) is 14.5 Å². The summed E-state index contributed by atoms with van der Waals surface area (Å²) in [5.74, 6) is 0.929. The highest BCUT2D eigenvalue weighted by molar-refractivity contribution is 9.11. The number of hydrogen-bond acceptors (Lipinski definition) is 2. The van der Waals surface area contributed by atoms with Crippen molar-refractivity contribution in [2.75, 3.05) is 13.7 Å². The van der Waals surface area contributed by atoms with Crippen molar-refractivity contribution in [3.63, 3.8) is 0 Å². The molecule has 112 valence electrons. The minimum Gasteiger partial charge on any atom is -0.494 e. The van der Waals surface area contributed by atoms with E-state index in [2.05, 4.69) is 68.4 Å². The SMILES string of the molecule is CCOc1ccc(C)cc1C(NC)c1cc(Br)cc(Br)c1. The van der Waals surface area contributed by atoms with E-state index in [0.29, 0.717) is 6.61 Å². The molecule has 4 heteroatoms.